The summed E-state index contributed by atoms with van der Waals surface area (Å²) in [5.74, 6) is 0.824. The summed E-state index contributed by atoms with van der Waals surface area (Å²) in [7, 11) is 0. The first-order valence-electron chi connectivity index (χ1n) is 8.87. The average Bonchev–Trinajstić information content (AvgIpc) is 3.05. The van der Waals surface area contributed by atoms with Gasteiger partial charge in [0.05, 0.1) is 19.3 Å². The van der Waals surface area contributed by atoms with E-state index in [0.717, 1.165) is 42.8 Å². The zero-order valence-corrected chi connectivity index (χ0v) is 17.8. The first-order chi connectivity index (χ1) is 11.7. The lowest BCUT2D eigenvalue weighted by molar-refractivity contribution is -0.0453. The number of rotatable bonds is 5. The van der Waals surface area contributed by atoms with E-state index in [1.54, 1.807) is 0 Å². The van der Waals surface area contributed by atoms with Gasteiger partial charge in [0.2, 0.25) is 0 Å². The fraction of sp³-hybridized carbons (Fsp3) is 0.611. The molecule has 2 aliphatic heterocycles. The average molecular weight is 479 g/mol. The van der Waals surface area contributed by atoms with E-state index in [-0.39, 0.29) is 30.1 Å². The van der Waals surface area contributed by atoms with Gasteiger partial charge < -0.3 is 15.4 Å². The number of ether oxygens (including phenoxy) is 1. The van der Waals surface area contributed by atoms with Gasteiger partial charge in [-0.1, -0.05) is 23.7 Å². The zero-order valence-electron chi connectivity index (χ0n) is 14.7. The summed E-state index contributed by atoms with van der Waals surface area (Å²) in [6.07, 6.45) is 2.82. The van der Waals surface area contributed by atoms with Crippen molar-refractivity contribution in [2.24, 2.45) is 4.99 Å². The number of nitrogens with zero attached hydrogens (tertiary/aromatic N) is 2. The Morgan fingerprint density at radius 1 is 1.40 bits per heavy atom. The third-order valence-corrected chi connectivity index (χ3v) is 4.85. The van der Waals surface area contributed by atoms with Gasteiger partial charge in [-0.2, -0.15) is 0 Å². The van der Waals surface area contributed by atoms with Crippen LogP contribution in [0.25, 0.3) is 0 Å². The van der Waals surface area contributed by atoms with E-state index in [4.69, 9.17) is 16.3 Å². The highest BCUT2D eigenvalue weighted by Crippen LogP contribution is 2.22. The molecule has 2 N–H and O–H groups in total. The topological polar surface area (TPSA) is 48.9 Å². The number of nitrogens with one attached hydrogen (secondary N) is 2. The first-order valence-corrected chi connectivity index (χ1v) is 9.24. The molecule has 2 aliphatic rings. The van der Waals surface area contributed by atoms with Crippen LogP contribution in [0.5, 0.6) is 0 Å². The highest BCUT2D eigenvalue weighted by atomic mass is 127. The molecule has 0 bridgehead atoms. The van der Waals surface area contributed by atoms with Gasteiger partial charge in [-0.15, -0.1) is 24.0 Å². The smallest absolute Gasteiger partial charge is 0.191 e. The largest absolute Gasteiger partial charge is 0.373 e. The molecule has 0 aliphatic carbocycles. The molecule has 0 aromatic heterocycles. The second-order valence-corrected chi connectivity index (χ2v) is 6.89. The van der Waals surface area contributed by atoms with Gasteiger partial charge in [0.15, 0.2) is 5.96 Å². The number of hydrogen-bond acceptors (Lipinski definition) is 3. The first kappa shape index (κ1) is 20.7. The van der Waals surface area contributed by atoms with Crippen LogP contribution in [0.15, 0.2) is 29.3 Å². The van der Waals surface area contributed by atoms with Gasteiger partial charge >= 0.3 is 0 Å². The minimum Gasteiger partial charge on any atom is -0.373 e. The van der Waals surface area contributed by atoms with Crippen LogP contribution in [0.2, 0.25) is 5.02 Å². The molecular formula is C18H28ClIN4O. The lowest BCUT2D eigenvalue weighted by Gasteiger charge is -2.35. The molecule has 3 rings (SSSR count). The van der Waals surface area contributed by atoms with E-state index in [9.17, 15) is 0 Å². The Hall–Kier alpha value is -0.570. The standard InChI is InChI=1S/C18H27ClN4O.HI/c1-2-20-18(21-10-14-5-3-6-15(19)9-14)22-11-17-12-23-8-4-7-16(23)13-24-17;/h3,5-6,9,16-17H,2,4,7-8,10-13H2,1H3,(H2,20,21,22);1H. The van der Waals surface area contributed by atoms with Crippen molar-refractivity contribution in [1.29, 1.82) is 0 Å². The van der Waals surface area contributed by atoms with Crippen LogP contribution < -0.4 is 10.6 Å². The Kier molecular flexibility index (Phi) is 8.75. The number of halogens is 2. The maximum Gasteiger partial charge on any atom is 0.191 e. The second kappa shape index (κ2) is 10.5. The molecule has 2 atom stereocenters. The summed E-state index contributed by atoms with van der Waals surface area (Å²) in [4.78, 5) is 7.20. The molecule has 0 saturated carbocycles. The summed E-state index contributed by atoms with van der Waals surface area (Å²) in [5.41, 5.74) is 1.11. The van der Waals surface area contributed by atoms with E-state index in [1.807, 2.05) is 24.3 Å². The molecule has 2 fully saturated rings. The number of morpholine rings is 1. The Bertz CT molecular complexity index is 572. The summed E-state index contributed by atoms with van der Waals surface area (Å²) in [5, 5.41) is 7.45. The van der Waals surface area contributed by atoms with Crippen LogP contribution in [0.4, 0.5) is 0 Å². The molecule has 0 radical (unpaired) electrons. The lowest BCUT2D eigenvalue weighted by Crippen LogP contribution is -2.51. The Labute approximate surface area is 172 Å². The third kappa shape index (κ3) is 6.27. The number of hydrogen-bond donors (Lipinski definition) is 2. The number of guanidine groups is 1. The molecule has 5 nitrogen and oxygen atoms in total. The van der Waals surface area contributed by atoms with E-state index in [0.29, 0.717) is 12.6 Å². The molecule has 25 heavy (non-hydrogen) atoms. The van der Waals surface area contributed by atoms with E-state index in [1.165, 1.54) is 19.4 Å². The Morgan fingerprint density at radius 2 is 2.28 bits per heavy atom. The van der Waals surface area contributed by atoms with Crippen LogP contribution in [-0.2, 0) is 11.3 Å². The number of aliphatic imine (C=N–C) groups is 1. The minimum atomic E-state index is 0. The molecular weight excluding hydrogens is 451 g/mol. The van der Waals surface area contributed by atoms with Crippen molar-refractivity contribution >= 4 is 41.5 Å². The van der Waals surface area contributed by atoms with Crippen molar-refractivity contribution in [2.45, 2.75) is 38.5 Å². The van der Waals surface area contributed by atoms with Gasteiger partial charge in [0, 0.05) is 30.7 Å². The van der Waals surface area contributed by atoms with Crippen molar-refractivity contribution < 1.29 is 4.74 Å². The fourth-order valence-electron chi connectivity index (χ4n) is 3.37. The van der Waals surface area contributed by atoms with Gasteiger partial charge in [-0.25, -0.2) is 4.99 Å². The van der Waals surface area contributed by atoms with Crippen LogP contribution in [0.3, 0.4) is 0 Å². The molecule has 0 amide bonds. The molecule has 2 unspecified atom stereocenters. The van der Waals surface area contributed by atoms with E-state index >= 15 is 0 Å². The van der Waals surface area contributed by atoms with Gasteiger partial charge in [-0.3, -0.25) is 4.90 Å². The Morgan fingerprint density at radius 3 is 3.08 bits per heavy atom. The summed E-state index contributed by atoms with van der Waals surface area (Å²) < 4.78 is 5.99. The maximum absolute atomic E-state index is 6.03. The monoisotopic (exact) mass is 478 g/mol. The highest BCUT2D eigenvalue weighted by molar-refractivity contribution is 14.0. The molecule has 1 aromatic carbocycles. The molecule has 2 saturated heterocycles. The minimum absolute atomic E-state index is 0. The predicted octanol–water partition coefficient (Wildman–Crippen LogP) is 2.88. The molecule has 140 valence electrons. The predicted molar refractivity (Wildman–Crippen MR) is 114 cm³/mol. The van der Waals surface area contributed by atoms with Crippen LogP contribution >= 0.6 is 35.6 Å². The van der Waals surface area contributed by atoms with E-state index in [2.05, 4.69) is 27.4 Å². The molecule has 1 aromatic rings. The number of fused-ring (bicyclic) bond motifs is 1. The van der Waals surface area contributed by atoms with Crippen LogP contribution in [0, 0.1) is 0 Å². The van der Waals surface area contributed by atoms with Gasteiger partial charge in [0.25, 0.3) is 0 Å². The van der Waals surface area contributed by atoms with Crippen molar-refractivity contribution in [1.82, 2.24) is 15.5 Å². The zero-order chi connectivity index (χ0) is 16.8. The van der Waals surface area contributed by atoms with Crippen LogP contribution in [-0.4, -0.2) is 55.8 Å². The molecule has 2 heterocycles. The van der Waals surface area contributed by atoms with E-state index < -0.39 is 0 Å². The van der Waals surface area contributed by atoms with Crippen molar-refractivity contribution in [2.75, 3.05) is 32.8 Å². The fourth-order valence-corrected chi connectivity index (χ4v) is 3.58. The third-order valence-electron chi connectivity index (χ3n) is 4.61. The highest BCUT2D eigenvalue weighted by Gasteiger charge is 2.32. The summed E-state index contributed by atoms with van der Waals surface area (Å²) >= 11 is 6.03. The molecule has 7 heteroatoms. The molecule has 0 spiro atoms. The lowest BCUT2D eigenvalue weighted by atomic mass is 10.2. The van der Waals surface area contributed by atoms with Crippen molar-refractivity contribution in [3.63, 3.8) is 0 Å². The summed E-state index contributed by atoms with van der Waals surface area (Å²) in [6, 6.07) is 8.47. The number of benzene rings is 1. The normalized spacial score (nSPS) is 23.7. The van der Waals surface area contributed by atoms with Gasteiger partial charge in [0.1, 0.15) is 0 Å². The Balaban J connectivity index is 0.00000225. The quantitative estimate of drug-likeness (QED) is 0.388. The van der Waals surface area contributed by atoms with Crippen molar-refractivity contribution in [3.05, 3.63) is 34.9 Å². The summed E-state index contributed by atoms with van der Waals surface area (Å²) in [6.45, 7) is 7.39. The maximum atomic E-state index is 6.03. The second-order valence-electron chi connectivity index (χ2n) is 6.45. The SMILES string of the molecule is CCNC(=NCc1cccc(Cl)c1)NCC1CN2CCCC2CO1.I. The van der Waals surface area contributed by atoms with Crippen LogP contribution in [0.1, 0.15) is 25.3 Å². The van der Waals surface area contributed by atoms with Gasteiger partial charge in [-0.05, 0) is 44.0 Å². The van der Waals surface area contributed by atoms with Crippen molar-refractivity contribution in [3.8, 4) is 0 Å².